The molecule has 2 N–H and O–H groups in total. The minimum atomic E-state index is -0.266. The molecule has 0 spiro atoms. The molecule has 0 saturated heterocycles. The molecule has 1 aromatic heterocycles. The van der Waals surface area contributed by atoms with Crippen molar-refractivity contribution in [3.63, 3.8) is 0 Å². The van der Waals surface area contributed by atoms with Crippen molar-refractivity contribution in [2.75, 3.05) is 0 Å². The highest BCUT2D eigenvalue weighted by molar-refractivity contribution is 6.35. The fourth-order valence-corrected chi connectivity index (χ4v) is 3.10. The number of hydrogen-bond donors (Lipinski definition) is 2. The van der Waals surface area contributed by atoms with Crippen LogP contribution in [0.1, 0.15) is 42.5 Å². The zero-order valence-corrected chi connectivity index (χ0v) is 15.5. The summed E-state index contributed by atoms with van der Waals surface area (Å²) in [6.07, 6.45) is 0.894. The van der Waals surface area contributed by atoms with Gasteiger partial charge in [-0.05, 0) is 36.2 Å². The minimum absolute atomic E-state index is 0.197. The molecule has 0 aliphatic carbocycles. The second-order valence-corrected chi connectivity index (χ2v) is 6.94. The van der Waals surface area contributed by atoms with E-state index in [4.69, 9.17) is 23.2 Å². The predicted octanol–water partition coefficient (Wildman–Crippen LogP) is 5.39. The van der Waals surface area contributed by atoms with Gasteiger partial charge in [-0.25, -0.2) is 4.98 Å². The molecule has 0 aliphatic heterocycles. The Morgan fingerprint density at radius 3 is 2.72 bits per heavy atom. The maximum absolute atomic E-state index is 12.7. The molecule has 4 nitrogen and oxygen atoms in total. The van der Waals surface area contributed by atoms with Crippen LogP contribution in [0.25, 0.3) is 11.0 Å². The number of halogens is 2. The largest absolute Gasteiger partial charge is 0.342 e. The molecule has 0 fully saturated rings. The number of carbonyl (C=O) groups excluding carboxylic acids is 1. The zero-order valence-electron chi connectivity index (χ0n) is 14.0. The van der Waals surface area contributed by atoms with Crippen molar-refractivity contribution in [1.82, 2.24) is 15.3 Å². The number of fused-ring (bicyclic) bond motifs is 1. The van der Waals surface area contributed by atoms with Crippen LogP contribution in [0.3, 0.4) is 0 Å². The lowest BCUT2D eigenvalue weighted by Gasteiger charge is -2.22. The summed E-state index contributed by atoms with van der Waals surface area (Å²) < 4.78 is 0. The van der Waals surface area contributed by atoms with E-state index in [-0.39, 0.29) is 17.9 Å². The first-order valence-electron chi connectivity index (χ1n) is 8.20. The Hall–Kier alpha value is -2.04. The molecule has 130 valence electrons. The fourth-order valence-electron chi connectivity index (χ4n) is 2.73. The molecule has 0 radical (unpaired) electrons. The van der Waals surface area contributed by atoms with Crippen molar-refractivity contribution in [2.24, 2.45) is 5.92 Å². The minimum Gasteiger partial charge on any atom is -0.342 e. The van der Waals surface area contributed by atoms with E-state index in [0.29, 0.717) is 15.6 Å². The summed E-state index contributed by atoms with van der Waals surface area (Å²) in [5.41, 5.74) is 2.18. The van der Waals surface area contributed by atoms with Crippen LogP contribution in [0.4, 0.5) is 0 Å². The number of hydrogen-bond acceptors (Lipinski definition) is 2. The molecule has 2 unspecified atom stereocenters. The first-order valence-corrected chi connectivity index (χ1v) is 8.95. The Morgan fingerprint density at radius 1 is 1.24 bits per heavy atom. The number of amides is 1. The number of aromatic nitrogens is 2. The van der Waals surface area contributed by atoms with E-state index in [0.717, 1.165) is 23.3 Å². The third-order valence-electron chi connectivity index (χ3n) is 4.37. The van der Waals surface area contributed by atoms with Gasteiger partial charge in [0.1, 0.15) is 5.82 Å². The molecule has 3 rings (SSSR count). The predicted molar refractivity (Wildman–Crippen MR) is 102 cm³/mol. The lowest BCUT2D eigenvalue weighted by atomic mass is 9.98. The molecule has 0 aliphatic rings. The average molecular weight is 376 g/mol. The molecule has 0 saturated carbocycles. The van der Waals surface area contributed by atoms with Gasteiger partial charge in [-0.2, -0.15) is 0 Å². The summed E-state index contributed by atoms with van der Waals surface area (Å²) in [4.78, 5) is 20.7. The maximum Gasteiger partial charge on any atom is 0.253 e. The third kappa shape index (κ3) is 3.80. The number of nitrogens with zero attached hydrogens (tertiary/aromatic N) is 1. The summed E-state index contributed by atoms with van der Waals surface area (Å²) in [6.45, 7) is 4.16. The van der Waals surface area contributed by atoms with Gasteiger partial charge in [-0.3, -0.25) is 4.79 Å². The van der Waals surface area contributed by atoms with E-state index in [1.807, 2.05) is 24.3 Å². The molecule has 1 heterocycles. The zero-order chi connectivity index (χ0) is 18.0. The molecule has 3 aromatic rings. The van der Waals surface area contributed by atoms with Crippen LogP contribution in [0.15, 0.2) is 42.5 Å². The third-order valence-corrected chi connectivity index (χ3v) is 4.94. The monoisotopic (exact) mass is 375 g/mol. The quantitative estimate of drug-likeness (QED) is 0.628. The van der Waals surface area contributed by atoms with E-state index in [1.54, 1.807) is 18.2 Å². The van der Waals surface area contributed by atoms with Gasteiger partial charge in [-0.15, -0.1) is 0 Å². The van der Waals surface area contributed by atoms with Gasteiger partial charge in [0.05, 0.1) is 27.7 Å². The highest BCUT2D eigenvalue weighted by Crippen LogP contribution is 2.27. The van der Waals surface area contributed by atoms with Gasteiger partial charge in [0, 0.05) is 5.02 Å². The number of para-hydroxylation sites is 2. The first-order chi connectivity index (χ1) is 12.0. The van der Waals surface area contributed by atoms with E-state index in [1.165, 1.54) is 0 Å². The number of carbonyl (C=O) groups is 1. The maximum atomic E-state index is 12.7. The van der Waals surface area contributed by atoms with Crippen LogP contribution in [0.5, 0.6) is 0 Å². The van der Waals surface area contributed by atoms with Crippen LogP contribution >= 0.6 is 23.2 Å². The van der Waals surface area contributed by atoms with Crippen molar-refractivity contribution in [1.29, 1.82) is 0 Å². The number of H-pyrrole nitrogens is 1. The molecule has 6 heteroatoms. The normalized spacial score (nSPS) is 13.6. The standard InChI is InChI=1S/C19H19Cl2N3O/c1-3-11(2)17(18-22-15-6-4-5-7-16(15)23-18)24-19(25)13-10-12(20)8-9-14(13)21/h4-11,17H,3H2,1-2H3,(H,22,23)(H,24,25). The van der Waals surface area contributed by atoms with Crippen molar-refractivity contribution < 1.29 is 4.79 Å². The summed E-state index contributed by atoms with van der Waals surface area (Å²) in [7, 11) is 0. The number of nitrogens with one attached hydrogen (secondary N) is 2. The van der Waals surface area contributed by atoms with Crippen molar-refractivity contribution in [3.8, 4) is 0 Å². The molecule has 25 heavy (non-hydrogen) atoms. The second-order valence-electron chi connectivity index (χ2n) is 6.10. The summed E-state index contributed by atoms with van der Waals surface area (Å²) in [5.74, 6) is 0.669. The van der Waals surface area contributed by atoms with Gasteiger partial charge < -0.3 is 10.3 Å². The Labute approximate surface area is 156 Å². The van der Waals surface area contributed by atoms with Gasteiger partial charge in [0.25, 0.3) is 5.91 Å². The number of imidazole rings is 1. The number of rotatable bonds is 5. The van der Waals surface area contributed by atoms with Gasteiger partial charge in [-0.1, -0.05) is 55.6 Å². The first kappa shape index (κ1) is 17.8. The van der Waals surface area contributed by atoms with Crippen LogP contribution in [-0.2, 0) is 0 Å². The molecule has 0 bridgehead atoms. The lowest BCUT2D eigenvalue weighted by Crippen LogP contribution is -2.33. The summed E-state index contributed by atoms with van der Waals surface area (Å²) >= 11 is 12.2. The lowest BCUT2D eigenvalue weighted by molar-refractivity contribution is 0.0920. The van der Waals surface area contributed by atoms with Crippen molar-refractivity contribution >= 4 is 40.1 Å². The van der Waals surface area contributed by atoms with E-state index >= 15 is 0 Å². The van der Waals surface area contributed by atoms with E-state index in [9.17, 15) is 4.79 Å². The second kappa shape index (κ2) is 7.46. The molecule has 1 amide bonds. The molecular formula is C19H19Cl2N3O. The van der Waals surface area contributed by atoms with Crippen LogP contribution in [0.2, 0.25) is 10.0 Å². The van der Waals surface area contributed by atoms with Crippen LogP contribution in [0, 0.1) is 5.92 Å². The van der Waals surface area contributed by atoms with Crippen molar-refractivity contribution in [2.45, 2.75) is 26.3 Å². The van der Waals surface area contributed by atoms with Crippen molar-refractivity contribution in [3.05, 3.63) is 63.9 Å². The average Bonchev–Trinajstić information content (AvgIpc) is 3.04. The number of benzene rings is 2. The van der Waals surface area contributed by atoms with E-state index < -0.39 is 0 Å². The Bertz CT molecular complexity index is 874. The van der Waals surface area contributed by atoms with Gasteiger partial charge in [0.2, 0.25) is 0 Å². The number of aromatic amines is 1. The van der Waals surface area contributed by atoms with Crippen LogP contribution in [-0.4, -0.2) is 15.9 Å². The highest BCUT2D eigenvalue weighted by Gasteiger charge is 2.25. The fraction of sp³-hybridized carbons (Fsp3) is 0.263. The summed E-state index contributed by atoms with van der Waals surface area (Å²) in [6, 6.07) is 12.4. The smallest absolute Gasteiger partial charge is 0.253 e. The molecular weight excluding hydrogens is 357 g/mol. The highest BCUT2D eigenvalue weighted by atomic mass is 35.5. The SMILES string of the molecule is CCC(C)C(NC(=O)c1cc(Cl)ccc1Cl)c1nc2ccccc2[nH]1. The topological polar surface area (TPSA) is 57.8 Å². The van der Waals surface area contributed by atoms with Gasteiger partial charge >= 0.3 is 0 Å². The molecule has 2 atom stereocenters. The Morgan fingerprint density at radius 2 is 2.00 bits per heavy atom. The van der Waals surface area contributed by atoms with Gasteiger partial charge in [0.15, 0.2) is 0 Å². The van der Waals surface area contributed by atoms with Crippen LogP contribution < -0.4 is 5.32 Å². The van der Waals surface area contributed by atoms with E-state index in [2.05, 4.69) is 29.1 Å². The summed E-state index contributed by atoms with van der Waals surface area (Å²) in [5, 5.41) is 3.89. The molecule has 2 aromatic carbocycles. The Kier molecular flexibility index (Phi) is 5.30. The Balaban J connectivity index is 1.93.